The maximum atomic E-state index is 13.1. The predicted octanol–water partition coefficient (Wildman–Crippen LogP) is 1.53. The molecule has 0 bridgehead atoms. The Hall–Kier alpha value is -1.26. The van der Waals surface area contributed by atoms with Gasteiger partial charge in [-0.15, -0.1) is 0 Å². The fraction of sp³-hybridized carbons (Fsp3) is 0.926. The van der Waals surface area contributed by atoms with E-state index in [1.54, 1.807) is 0 Å². The van der Waals surface area contributed by atoms with E-state index in [0.717, 1.165) is 77.4 Å². The second-order valence-corrected chi connectivity index (χ2v) is 11.2. The van der Waals surface area contributed by atoms with Crippen LogP contribution in [0, 0.1) is 17.8 Å². The summed E-state index contributed by atoms with van der Waals surface area (Å²) in [6, 6.07) is 0.465. The van der Waals surface area contributed by atoms with Gasteiger partial charge in [-0.1, -0.05) is 0 Å². The van der Waals surface area contributed by atoms with Crippen molar-refractivity contribution in [3.63, 3.8) is 0 Å². The number of nitrogens with one attached hydrogen (secondary N) is 3. The Kier molecular flexibility index (Phi) is 10.8. The molecule has 0 aromatic heterocycles. The Bertz CT molecular complexity index is 678. The van der Waals surface area contributed by atoms with Crippen LogP contribution in [0.2, 0.25) is 0 Å². The maximum Gasteiger partial charge on any atom is 0.307 e. The number of methoxy groups -OCH3 is 1. The molecule has 2 saturated heterocycles. The zero-order valence-corrected chi connectivity index (χ0v) is 22.5. The Morgan fingerprint density at radius 2 is 1.56 bits per heavy atom. The third kappa shape index (κ3) is 7.87. The average Bonchev–Trinajstić information content (AvgIpc) is 2.93. The fourth-order valence-corrected chi connectivity index (χ4v) is 6.61. The van der Waals surface area contributed by atoms with Crippen LogP contribution < -0.4 is 16.0 Å². The fourth-order valence-electron chi connectivity index (χ4n) is 6.61. The lowest BCUT2D eigenvalue weighted by Crippen LogP contribution is -2.63. The van der Waals surface area contributed by atoms with E-state index >= 15 is 0 Å². The highest BCUT2D eigenvalue weighted by molar-refractivity contribution is 5.79. The smallest absolute Gasteiger partial charge is 0.307 e. The summed E-state index contributed by atoms with van der Waals surface area (Å²) in [4.78, 5) is 29.0. The van der Waals surface area contributed by atoms with Gasteiger partial charge in [-0.05, 0) is 70.1 Å². The number of nitrogens with zero attached hydrogens (tertiary/aromatic N) is 2. The minimum Gasteiger partial charge on any atom is -0.466 e. The lowest BCUT2D eigenvalue weighted by molar-refractivity contribution is -0.144. The highest BCUT2D eigenvalue weighted by atomic mass is 16.5. The first-order chi connectivity index (χ1) is 17.6. The summed E-state index contributed by atoms with van der Waals surface area (Å²) in [6.07, 6.45) is 10.1. The number of rotatable bonds is 9. The number of piperazine rings is 1. The summed E-state index contributed by atoms with van der Waals surface area (Å²) in [7, 11) is 1.84. The molecule has 0 spiro atoms. The minimum absolute atomic E-state index is 0.135. The van der Waals surface area contributed by atoms with Crippen LogP contribution in [0.15, 0.2) is 0 Å². The first-order valence-corrected chi connectivity index (χ1v) is 14.5. The Morgan fingerprint density at radius 1 is 0.889 bits per heavy atom. The number of carbonyl (C=O) groups excluding carboxylic acids is 2. The van der Waals surface area contributed by atoms with E-state index in [1.807, 2.05) is 18.9 Å². The molecule has 0 aromatic carbocycles. The van der Waals surface area contributed by atoms with E-state index < -0.39 is 0 Å². The summed E-state index contributed by atoms with van der Waals surface area (Å²) in [5.74, 6) is 1.87. The minimum atomic E-state index is -0.135. The van der Waals surface area contributed by atoms with Crippen molar-refractivity contribution in [3.8, 4) is 0 Å². The molecule has 3 N–H and O–H groups in total. The molecule has 2 heterocycles. The summed E-state index contributed by atoms with van der Waals surface area (Å²) < 4.78 is 10.5. The molecular formula is C27H49N5O4. The topological polar surface area (TPSA) is 95.2 Å². The molecule has 9 nitrogen and oxygen atoms in total. The van der Waals surface area contributed by atoms with Crippen LogP contribution >= 0.6 is 0 Å². The molecule has 0 radical (unpaired) electrons. The molecule has 2 aliphatic heterocycles. The second-order valence-electron chi connectivity index (χ2n) is 11.2. The van der Waals surface area contributed by atoms with Crippen LogP contribution in [-0.4, -0.2) is 99.6 Å². The zero-order valence-electron chi connectivity index (χ0n) is 22.5. The van der Waals surface area contributed by atoms with Crippen LogP contribution in [0.5, 0.6) is 0 Å². The van der Waals surface area contributed by atoms with Crippen molar-refractivity contribution >= 4 is 11.9 Å². The second kappa shape index (κ2) is 14.0. The van der Waals surface area contributed by atoms with Crippen molar-refractivity contribution in [1.82, 2.24) is 25.8 Å². The SMILES string of the molecule is CCOC(=O)CCN1CCN(C(=O)C2CCC(NC3NCC(C4CCC(OC)CC4)CN3)CC2)CC1. The number of ether oxygens (including phenoxy) is 2. The third-order valence-electron chi connectivity index (χ3n) is 8.99. The summed E-state index contributed by atoms with van der Waals surface area (Å²) in [5.41, 5.74) is 0. The monoisotopic (exact) mass is 507 g/mol. The van der Waals surface area contributed by atoms with E-state index in [4.69, 9.17) is 9.47 Å². The van der Waals surface area contributed by atoms with Gasteiger partial charge in [0.1, 0.15) is 6.29 Å². The van der Waals surface area contributed by atoms with Crippen molar-refractivity contribution in [3.05, 3.63) is 0 Å². The Balaban J connectivity index is 1.09. The molecule has 0 aromatic rings. The lowest BCUT2D eigenvalue weighted by Gasteiger charge is -2.41. The molecule has 4 rings (SSSR count). The highest BCUT2D eigenvalue weighted by Crippen LogP contribution is 2.32. The van der Waals surface area contributed by atoms with Crippen molar-refractivity contribution in [2.75, 3.05) is 59.5 Å². The third-order valence-corrected chi connectivity index (χ3v) is 8.99. The number of amides is 1. The van der Waals surface area contributed by atoms with Gasteiger partial charge in [-0.3, -0.25) is 30.4 Å². The van der Waals surface area contributed by atoms with E-state index in [1.165, 1.54) is 25.7 Å². The first kappa shape index (κ1) is 27.8. The van der Waals surface area contributed by atoms with Gasteiger partial charge in [-0.25, -0.2) is 0 Å². The van der Waals surface area contributed by atoms with E-state index in [0.29, 0.717) is 37.0 Å². The standard InChI is InChI=1S/C27H49N5O4/c1-3-36-25(33)12-13-31-14-16-32(17-15-31)26(34)21-4-8-23(9-5-21)30-27-28-18-22(19-29-27)20-6-10-24(35-2)11-7-20/h20-24,27-30H,3-19H2,1-2H3. The molecule has 0 atom stereocenters. The number of hydrogen-bond donors (Lipinski definition) is 3. The van der Waals surface area contributed by atoms with Gasteiger partial charge >= 0.3 is 5.97 Å². The van der Waals surface area contributed by atoms with Crippen molar-refractivity contribution in [2.45, 2.75) is 83.1 Å². The number of hydrogen-bond acceptors (Lipinski definition) is 8. The van der Waals surface area contributed by atoms with Crippen LogP contribution in [-0.2, 0) is 19.1 Å². The lowest BCUT2D eigenvalue weighted by atomic mass is 9.78. The normalized spacial score (nSPS) is 34.3. The van der Waals surface area contributed by atoms with Gasteiger partial charge in [0.2, 0.25) is 5.91 Å². The number of carbonyl (C=O) groups is 2. The van der Waals surface area contributed by atoms with Gasteiger partial charge in [0.15, 0.2) is 0 Å². The van der Waals surface area contributed by atoms with Gasteiger partial charge < -0.3 is 14.4 Å². The largest absolute Gasteiger partial charge is 0.466 e. The molecule has 4 fully saturated rings. The van der Waals surface area contributed by atoms with Gasteiger partial charge in [0.25, 0.3) is 0 Å². The van der Waals surface area contributed by atoms with E-state index in [-0.39, 0.29) is 18.2 Å². The van der Waals surface area contributed by atoms with Gasteiger partial charge in [-0.2, -0.15) is 0 Å². The van der Waals surface area contributed by atoms with Crippen molar-refractivity contribution < 1.29 is 19.1 Å². The quantitative estimate of drug-likeness (QED) is 0.405. The maximum absolute atomic E-state index is 13.1. The van der Waals surface area contributed by atoms with Crippen LogP contribution in [0.3, 0.4) is 0 Å². The molecule has 1 amide bonds. The van der Waals surface area contributed by atoms with Crippen LogP contribution in [0.1, 0.15) is 64.7 Å². The molecule has 206 valence electrons. The van der Waals surface area contributed by atoms with Crippen molar-refractivity contribution in [2.24, 2.45) is 17.8 Å². The molecule has 2 saturated carbocycles. The molecular weight excluding hydrogens is 458 g/mol. The highest BCUT2D eigenvalue weighted by Gasteiger charge is 2.34. The molecule has 2 aliphatic carbocycles. The summed E-state index contributed by atoms with van der Waals surface area (Å²) in [6.45, 7) is 8.36. The van der Waals surface area contributed by atoms with E-state index in [2.05, 4.69) is 20.9 Å². The first-order valence-electron chi connectivity index (χ1n) is 14.5. The van der Waals surface area contributed by atoms with Crippen LogP contribution in [0.25, 0.3) is 0 Å². The predicted molar refractivity (Wildman–Crippen MR) is 139 cm³/mol. The molecule has 4 aliphatic rings. The molecule has 9 heteroatoms. The summed E-state index contributed by atoms with van der Waals surface area (Å²) in [5, 5.41) is 11.1. The zero-order chi connectivity index (χ0) is 25.3. The Labute approximate surface area is 217 Å². The molecule has 36 heavy (non-hydrogen) atoms. The number of esters is 1. The van der Waals surface area contributed by atoms with Gasteiger partial charge in [0, 0.05) is 64.9 Å². The van der Waals surface area contributed by atoms with Crippen molar-refractivity contribution in [1.29, 1.82) is 0 Å². The van der Waals surface area contributed by atoms with Crippen LogP contribution in [0.4, 0.5) is 0 Å². The average molecular weight is 508 g/mol. The summed E-state index contributed by atoms with van der Waals surface area (Å²) >= 11 is 0. The van der Waals surface area contributed by atoms with Gasteiger partial charge in [0.05, 0.1) is 19.1 Å². The Morgan fingerprint density at radius 3 is 2.17 bits per heavy atom. The van der Waals surface area contributed by atoms with E-state index in [9.17, 15) is 9.59 Å². The molecule has 0 unspecified atom stereocenters.